The van der Waals surface area contributed by atoms with Crippen molar-refractivity contribution >= 4 is 12.7 Å². The molecule has 1 rings (SSSR count). The molecule has 0 heterocycles. The minimum Gasteiger partial charge on any atom is -0.393 e. The van der Waals surface area contributed by atoms with Crippen LogP contribution in [0.1, 0.15) is 84.5 Å². The lowest BCUT2D eigenvalue weighted by Gasteiger charge is -2.19. The smallest absolute Gasteiger partial charge is 0.232 e. The van der Waals surface area contributed by atoms with Gasteiger partial charge in [0.05, 0.1) is 12.7 Å². The summed E-state index contributed by atoms with van der Waals surface area (Å²) >= 11 is 0. The number of unbranched alkanes of at least 4 members (excludes halogenated alkanes) is 9. The summed E-state index contributed by atoms with van der Waals surface area (Å²) in [6.45, 7) is 4.34. The molecule has 3 nitrogen and oxygen atoms in total. The maximum Gasteiger partial charge on any atom is 0.232 e. The van der Waals surface area contributed by atoms with E-state index in [9.17, 15) is 9.67 Å². The third kappa shape index (κ3) is 10.5. The Hall–Kier alpha value is -0.630. The van der Waals surface area contributed by atoms with Crippen LogP contribution in [-0.2, 0) is 9.09 Å². The van der Waals surface area contributed by atoms with Gasteiger partial charge in [-0.05, 0) is 31.9 Å². The van der Waals surface area contributed by atoms with Gasteiger partial charge in [0, 0.05) is 11.5 Å². The highest BCUT2D eigenvalue weighted by Gasteiger charge is 2.25. The lowest BCUT2D eigenvalue weighted by molar-refractivity contribution is 0.157. The number of aliphatic hydroxyl groups is 1. The van der Waals surface area contributed by atoms with E-state index in [4.69, 9.17) is 4.52 Å². The molecule has 1 aromatic carbocycles. The van der Waals surface area contributed by atoms with Gasteiger partial charge in [-0.3, -0.25) is 4.57 Å². The van der Waals surface area contributed by atoms with Gasteiger partial charge in [0.2, 0.25) is 7.37 Å². The Bertz CT molecular complexity index is 487. The molecule has 0 aliphatic rings. The molecule has 2 unspecified atom stereocenters. The molecule has 26 heavy (non-hydrogen) atoms. The number of aliphatic hydroxyl groups excluding tert-OH is 1. The van der Waals surface area contributed by atoms with Gasteiger partial charge in [-0.2, -0.15) is 0 Å². The highest BCUT2D eigenvalue weighted by molar-refractivity contribution is 7.67. The third-order valence-corrected chi connectivity index (χ3v) is 7.38. The normalized spacial score (nSPS) is 14.9. The van der Waals surface area contributed by atoms with Gasteiger partial charge in [0.25, 0.3) is 0 Å². The molecular weight excluding hydrogens is 343 g/mol. The molecule has 0 spiro atoms. The minimum atomic E-state index is -2.81. The molecule has 0 aliphatic heterocycles. The van der Waals surface area contributed by atoms with E-state index in [0.717, 1.165) is 18.1 Å². The monoisotopic (exact) mass is 382 g/mol. The molecule has 0 fully saturated rings. The van der Waals surface area contributed by atoms with Crippen LogP contribution in [0.4, 0.5) is 0 Å². The predicted molar refractivity (Wildman–Crippen MR) is 113 cm³/mol. The van der Waals surface area contributed by atoms with Crippen LogP contribution < -0.4 is 5.30 Å². The van der Waals surface area contributed by atoms with Crippen molar-refractivity contribution in [2.75, 3.05) is 12.8 Å². The van der Waals surface area contributed by atoms with Crippen molar-refractivity contribution in [1.29, 1.82) is 0 Å². The third-order valence-electron chi connectivity index (χ3n) is 4.79. The Morgan fingerprint density at radius 1 is 0.923 bits per heavy atom. The molecule has 1 N–H and O–H groups in total. The van der Waals surface area contributed by atoms with Crippen LogP contribution in [0.15, 0.2) is 30.3 Å². The lowest BCUT2D eigenvalue weighted by atomic mass is 10.1. The van der Waals surface area contributed by atoms with Crippen LogP contribution in [0.3, 0.4) is 0 Å². The van der Waals surface area contributed by atoms with Gasteiger partial charge in [-0.15, -0.1) is 0 Å². The summed E-state index contributed by atoms with van der Waals surface area (Å²) < 4.78 is 19.1. The molecular formula is C22H39O3P. The van der Waals surface area contributed by atoms with E-state index in [1.54, 1.807) is 6.92 Å². The summed E-state index contributed by atoms with van der Waals surface area (Å²) in [7, 11) is -2.81. The summed E-state index contributed by atoms with van der Waals surface area (Å²) in [5.41, 5.74) is 0. The van der Waals surface area contributed by atoms with E-state index < -0.39 is 13.5 Å². The highest BCUT2D eigenvalue weighted by atomic mass is 31.2. The first kappa shape index (κ1) is 23.4. The summed E-state index contributed by atoms with van der Waals surface area (Å²) in [4.78, 5) is 0. The molecule has 2 atom stereocenters. The van der Waals surface area contributed by atoms with E-state index >= 15 is 0 Å². The van der Waals surface area contributed by atoms with Gasteiger partial charge in [0.15, 0.2) is 0 Å². The van der Waals surface area contributed by atoms with E-state index in [1.807, 2.05) is 30.3 Å². The Morgan fingerprint density at radius 3 is 2.00 bits per heavy atom. The Kier molecular flexibility index (Phi) is 13.0. The first-order valence-corrected chi connectivity index (χ1v) is 12.4. The van der Waals surface area contributed by atoms with Crippen molar-refractivity contribution in [3.05, 3.63) is 30.3 Å². The van der Waals surface area contributed by atoms with E-state index in [2.05, 4.69) is 6.92 Å². The Morgan fingerprint density at radius 2 is 1.46 bits per heavy atom. The molecule has 0 aromatic heterocycles. The Labute approximate surface area is 161 Å². The lowest BCUT2D eigenvalue weighted by Crippen LogP contribution is -2.13. The average Bonchev–Trinajstić information content (AvgIpc) is 2.64. The molecule has 0 saturated carbocycles. The standard InChI is InChI=1S/C22H39O3P/c1-3-4-5-6-7-8-9-10-11-15-20-26(24,25-19-18-21(2)23)22-16-13-12-14-17-22/h12-14,16-17,21,23H,3-11,15,18-20H2,1-2H3. The van der Waals surface area contributed by atoms with Gasteiger partial charge in [0.1, 0.15) is 0 Å². The second kappa shape index (κ2) is 14.4. The number of rotatable bonds is 16. The van der Waals surface area contributed by atoms with Gasteiger partial charge in [-0.1, -0.05) is 82.9 Å². The predicted octanol–water partition coefficient (Wildman–Crippen LogP) is 6.30. The maximum absolute atomic E-state index is 13.3. The summed E-state index contributed by atoms with van der Waals surface area (Å²) in [6.07, 6.45) is 13.4. The summed E-state index contributed by atoms with van der Waals surface area (Å²) in [5.74, 6) is 0. The molecule has 0 bridgehead atoms. The van der Waals surface area contributed by atoms with Crippen LogP contribution in [0.5, 0.6) is 0 Å². The van der Waals surface area contributed by atoms with Crippen molar-refractivity contribution in [3.8, 4) is 0 Å². The molecule has 0 saturated heterocycles. The molecule has 4 heteroatoms. The minimum absolute atomic E-state index is 0.349. The molecule has 0 radical (unpaired) electrons. The fourth-order valence-corrected chi connectivity index (χ4v) is 5.30. The topological polar surface area (TPSA) is 46.5 Å². The summed E-state index contributed by atoms with van der Waals surface area (Å²) in [5, 5.41) is 10.2. The van der Waals surface area contributed by atoms with Crippen LogP contribution in [0.2, 0.25) is 0 Å². The van der Waals surface area contributed by atoms with Gasteiger partial charge >= 0.3 is 0 Å². The van der Waals surface area contributed by atoms with Crippen LogP contribution in [0.25, 0.3) is 0 Å². The molecule has 0 amide bonds. The van der Waals surface area contributed by atoms with Crippen LogP contribution >= 0.6 is 7.37 Å². The number of hydrogen-bond donors (Lipinski definition) is 1. The average molecular weight is 383 g/mol. The molecule has 0 aliphatic carbocycles. The molecule has 150 valence electrons. The fourth-order valence-electron chi connectivity index (χ4n) is 3.10. The van der Waals surface area contributed by atoms with Gasteiger partial charge in [-0.25, -0.2) is 0 Å². The van der Waals surface area contributed by atoms with Crippen LogP contribution in [0, 0.1) is 0 Å². The zero-order chi connectivity index (χ0) is 19.1. The van der Waals surface area contributed by atoms with Crippen molar-refractivity contribution < 1.29 is 14.2 Å². The second-order valence-corrected chi connectivity index (χ2v) is 9.95. The Balaban J connectivity index is 2.30. The maximum atomic E-state index is 13.3. The van der Waals surface area contributed by atoms with Crippen molar-refractivity contribution in [1.82, 2.24) is 0 Å². The van der Waals surface area contributed by atoms with Crippen molar-refractivity contribution in [2.24, 2.45) is 0 Å². The van der Waals surface area contributed by atoms with E-state index in [0.29, 0.717) is 19.2 Å². The van der Waals surface area contributed by atoms with Crippen LogP contribution in [-0.4, -0.2) is 24.0 Å². The largest absolute Gasteiger partial charge is 0.393 e. The summed E-state index contributed by atoms with van der Waals surface area (Å²) in [6, 6.07) is 9.57. The second-order valence-electron chi connectivity index (χ2n) is 7.39. The van der Waals surface area contributed by atoms with Crippen molar-refractivity contribution in [3.63, 3.8) is 0 Å². The van der Waals surface area contributed by atoms with E-state index in [1.165, 1.54) is 51.4 Å². The fraction of sp³-hybridized carbons (Fsp3) is 0.727. The number of hydrogen-bond acceptors (Lipinski definition) is 3. The molecule has 1 aromatic rings. The zero-order valence-electron chi connectivity index (χ0n) is 16.9. The SMILES string of the molecule is CCCCCCCCCCCCP(=O)(OCCC(C)O)c1ccccc1. The zero-order valence-corrected chi connectivity index (χ0v) is 17.8. The van der Waals surface area contributed by atoms with Crippen molar-refractivity contribution in [2.45, 2.75) is 90.6 Å². The quantitative estimate of drug-likeness (QED) is 0.270. The van der Waals surface area contributed by atoms with E-state index in [-0.39, 0.29) is 0 Å². The highest BCUT2D eigenvalue weighted by Crippen LogP contribution is 2.46. The van der Waals surface area contributed by atoms with Gasteiger partial charge < -0.3 is 9.63 Å². The first-order valence-electron chi connectivity index (χ1n) is 10.6. The number of benzene rings is 1. The first-order chi connectivity index (χ1) is 12.6.